The Morgan fingerprint density at radius 3 is 2.22 bits per heavy atom. The number of nitriles is 2. The van der Waals surface area contributed by atoms with Crippen LogP contribution in [-0.4, -0.2) is 23.1 Å². The second-order valence-corrected chi connectivity index (χ2v) is 3.14. The highest BCUT2D eigenvalue weighted by atomic mass is 19.4. The lowest BCUT2D eigenvalue weighted by Crippen LogP contribution is -2.26. The van der Waals surface area contributed by atoms with E-state index in [1.165, 1.54) is 0 Å². The van der Waals surface area contributed by atoms with Crippen molar-refractivity contribution in [1.29, 1.82) is 10.5 Å². The predicted molar refractivity (Wildman–Crippen MR) is 54.9 cm³/mol. The number of nitrogen functional groups attached to an aromatic ring is 1. The molecule has 2 N–H and O–H groups in total. The fourth-order valence-electron chi connectivity index (χ4n) is 1.13. The number of alkyl halides is 3. The molecule has 0 fully saturated rings. The molecule has 0 aliphatic carbocycles. The van der Waals surface area contributed by atoms with Gasteiger partial charge in [-0.25, -0.2) is 9.97 Å². The van der Waals surface area contributed by atoms with Crippen LogP contribution in [0, 0.1) is 22.7 Å². The molecule has 0 atom stereocenters. The van der Waals surface area contributed by atoms with Gasteiger partial charge in [0, 0.05) is 6.07 Å². The van der Waals surface area contributed by atoms with Crippen LogP contribution in [0.2, 0.25) is 0 Å². The number of hydrogen-bond donors (Lipinski definition) is 1. The maximum Gasteiger partial charge on any atom is 0.451 e. The van der Waals surface area contributed by atoms with E-state index >= 15 is 0 Å². The van der Waals surface area contributed by atoms with Crippen molar-refractivity contribution in [3.05, 3.63) is 11.9 Å². The molecule has 1 rings (SSSR count). The van der Waals surface area contributed by atoms with E-state index in [1.807, 2.05) is 0 Å². The molecule has 0 bridgehead atoms. The van der Waals surface area contributed by atoms with Gasteiger partial charge in [0.25, 0.3) is 0 Å². The second-order valence-electron chi connectivity index (χ2n) is 3.14. The van der Waals surface area contributed by atoms with Gasteiger partial charge in [0.2, 0.25) is 5.82 Å². The Morgan fingerprint density at radius 1 is 1.22 bits per heavy atom. The van der Waals surface area contributed by atoms with Crippen LogP contribution < -0.4 is 10.6 Å². The summed E-state index contributed by atoms with van der Waals surface area (Å²) in [5.41, 5.74) is 5.24. The van der Waals surface area contributed by atoms with E-state index in [0.29, 0.717) is 0 Å². The molecule has 0 amide bonds. The number of nitrogens with two attached hydrogens (primary N) is 1. The van der Waals surface area contributed by atoms with Gasteiger partial charge in [-0.2, -0.15) is 23.7 Å². The van der Waals surface area contributed by atoms with Crippen molar-refractivity contribution in [2.45, 2.75) is 6.18 Å². The lowest BCUT2D eigenvalue weighted by Gasteiger charge is -2.18. The fraction of sp³-hybridized carbons (Fsp3) is 0.333. The van der Waals surface area contributed by atoms with E-state index < -0.39 is 12.0 Å². The van der Waals surface area contributed by atoms with Crippen LogP contribution in [0.15, 0.2) is 6.07 Å². The molecule has 94 valence electrons. The molecule has 0 saturated carbocycles. The molecule has 0 saturated heterocycles. The van der Waals surface area contributed by atoms with E-state index in [-0.39, 0.29) is 24.7 Å². The van der Waals surface area contributed by atoms with Gasteiger partial charge in [-0.15, -0.1) is 0 Å². The lowest BCUT2D eigenvalue weighted by atomic mass is 10.4. The summed E-state index contributed by atoms with van der Waals surface area (Å²) in [5.74, 6) is -2.00. The van der Waals surface area contributed by atoms with Crippen LogP contribution in [-0.2, 0) is 6.18 Å². The largest absolute Gasteiger partial charge is 0.451 e. The summed E-state index contributed by atoms with van der Waals surface area (Å²) in [4.78, 5) is 7.37. The number of aromatic nitrogens is 2. The van der Waals surface area contributed by atoms with Gasteiger partial charge in [-0.3, -0.25) is 0 Å². The highest BCUT2D eigenvalue weighted by Crippen LogP contribution is 2.28. The Labute approximate surface area is 100 Å². The minimum absolute atomic E-state index is 0.210. The van der Waals surface area contributed by atoms with E-state index in [9.17, 15) is 13.2 Å². The minimum Gasteiger partial charge on any atom is -0.384 e. The average molecular weight is 256 g/mol. The second kappa shape index (κ2) is 5.19. The predicted octanol–water partition coefficient (Wildman–Crippen LogP) is 0.931. The first kappa shape index (κ1) is 13.5. The Kier molecular flexibility index (Phi) is 3.89. The smallest absolute Gasteiger partial charge is 0.384 e. The van der Waals surface area contributed by atoms with Gasteiger partial charge >= 0.3 is 6.18 Å². The molecule has 0 aliphatic heterocycles. The van der Waals surface area contributed by atoms with Crippen LogP contribution in [0.3, 0.4) is 0 Å². The SMILES string of the molecule is N#CCN(CC#N)c1cc(N)nc(C(F)(F)F)n1. The van der Waals surface area contributed by atoms with Crippen molar-refractivity contribution >= 4 is 11.6 Å². The van der Waals surface area contributed by atoms with Crippen LogP contribution >= 0.6 is 0 Å². The van der Waals surface area contributed by atoms with E-state index in [4.69, 9.17) is 16.3 Å². The summed E-state index contributed by atoms with van der Waals surface area (Å²) in [6.45, 7) is -0.553. The molecule has 1 aromatic heterocycles. The maximum absolute atomic E-state index is 12.5. The average Bonchev–Trinajstić information content (AvgIpc) is 2.27. The van der Waals surface area contributed by atoms with Crippen molar-refractivity contribution in [2.75, 3.05) is 23.7 Å². The Morgan fingerprint density at radius 2 is 1.78 bits per heavy atom. The molecule has 1 heterocycles. The fourth-order valence-corrected chi connectivity index (χ4v) is 1.13. The zero-order valence-corrected chi connectivity index (χ0v) is 8.94. The highest BCUT2D eigenvalue weighted by Gasteiger charge is 2.35. The third-order valence-electron chi connectivity index (χ3n) is 1.83. The molecule has 0 aliphatic rings. The van der Waals surface area contributed by atoms with Gasteiger partial charge in [-0.05, 0) is 0 Å². The zero-order chi connectivity index (χ0) is 13.8. The van der Waals surface area contributed by atoms with Crippen molar-refractivity contribution in [1.82, 2.24) is 9.97 Å². The van der Waals surface area contributed by atoms with Crippen LogP contribution in [0.4, 0.5) is 24.8 Å². The molecule has 0 aromatic carbocycles. The molecule has 6 nitrogen and oxygen atoms in total. The molecular formula is C9H7F3N6. The summed E-state index contributed by atoms with van der Waals surface area (Å²) < 4.78 is 37.4. The van der Waals surface area contributed by atoms with Gasteiger partial charge in [0.15, 0.2) is 0 Å². The van der Waals surface area contributed by atoms with E-state index in [1.54, 1.807) is 12.1 Å². The number of anilines is 2. The molecule has 18 heavy (non-hydrogen) atoms. The number of halogens is 3. The normalized spacial score (nSPS) is 10.5. The van der Waals surface area contributed by atoms with E-state index in [0.717, 1.165) is 11.0 Å². The summed E-state index contributed by atoms with van der Waals surface area (Å²) in [6.07, 6.45) is -4.74. The van der Waals surface area contributed by atoms with Gasteiger partial charge in [-0.1, -0.05) is 0 Å². The van der Waals surface area contributed by atoms with Crippen molar-refractivity contribution < 1.29 is 13.2 Å². The number of hydrogen-bond acceptors (Lipinski definition) is 6. The lowest BCUT2D eigenvalue weighted by molar-refractivity contribution is -0.144. The van der Waals surface area contributed by atoms with Gasteiger partial charge < -0.3 is 10.6 Å². The van der Waals surface area contributed by atoms with Crippen LogP contribution in [0.5, 0.6) is 0 Å². The Hall–Kier alpha value is -2.55. The minimum atomic E-state index is -4.74. The van der Waals surface area contributed by atoms with Crippen LogP contribution in [0.1, 0.15) is 5.82 Å². The number of rotatable bonds is 3. The van der Waals surface area contributed by atoms with Crippen molar-refractivity contribution in [2.24, 2.45) is 0 Å². The molecule has 0 radical (unpaired) electrons. The summed E-state index contributed by atoms with van der Waals surface area (Å²) in [5, 5.41) is 17.1. The van der Waals surface area contributed by atoms with Crippen molar-refractivity contribution in [3.63, 3.8) is 0 Å². The maximum atomic E-state index is 12.5. The summed E-state index contributed by atoms with van der Waals surface area (Å²) in [6, 6.07) is 4.52. The third-order valence-corrected chi connectivity index (χ3v) is 1.83. The monoisotopic (exact) mass is 256 g/mol. The highest BCUT2D eigenvalue weighted by molar-refractivity contribution is 5.48. The third kappa shape index (κ3) is 3.22. The molecular weight excluding hydrogens is 249 g/mol. The van der Waals surface area contributed by atoms with Crippen molar-refractivity contribution in [3.8, 4) is 12.1 Å². The molecule has 9 heteroatoms. The summed E-state index contributed by atoms with van der Waals surface area (Å²) in [7, 11) is 0. The first-order valence-electron chi connectivity index (χ1n) is 4.59. The molecule has 0 unspecified atom stereocenters. The quantitative estimate of drug-likeness (QED) is 0.807. The zero-order valence-electron chi connectivity index (χ0n) is 8.94. The Balaban J connectivity index is 3.20. The first-order chi connectivity index (χ1) is 8.38. The molecule has 0 spiro atoms. The standard InChI is InChI=1S/C9H7F3N6/c10-9(11,12)8-16-6(15)5-7(17-8)18(3-1-13)4-2-14/h5H,3-4H2,(H2,15,16,17). The Bertz CT molecular complexity index is 497. The molecule has 1 aromatic rings. The number of nitrogens with zero attached hydrogens (tertiary/aromatic N) is 5. The van der Waals surface area contributed by atoms with E-state index in [2.05, 4.69) is 9.97 Å². The van der Waals surface area contributed by atoms with Crippen LogP contribution in [0.25, 0.3) is 0 Å². The van der Waals surface area contributed by atoms with Gasteiger partial charge in [0.05, 0.1) is 12.1 Å². The topological polar surface area (TPSA) is 103 Å². The first-order valence-corrected chi connectivity index (χ1v) is 4.59. The van der Waals surface area contributed by atoms with Gasteiger partial charge in [0.1, 0.15) is 24.7 Å². The summed E-state index contributed by atoms with van der Waals surface area (Å²) >= 11 is 0.